The Balaban J connectivity index is 2.43. The third kappa shape index (κ3) is 3.80. The molecule has 0 aromatic rings. The Hall–Kier alpha value is -0.0200. The van der Waals surface area contributed by atoms with Crippen molar-refractivity contribution in [2.45, 2.75) is 52.1 Å². The molecule has 0 spiro atoms. The van der Waals surface area contributed by atoms with E-state index in [0.717, 1.165) is 18.6 Å². The van der Waals surface area contributed by atoms with Gasteiger partial charge < -0.3 is 5.11 Å². The van der Waals surface area contributed by atoms with Crippen LogP contribution in [-0.2, 0) is 4.79 Å². The second-order valence-electron chi connectivity index (χ2n) is 4.43. The topological polar surface area (TPSA) is 37.3 Å². The lowest BCUT2D eigenvalue weighted by atomic mass is 9.81. The Morgan fingerprint density at radius 1 is 1.40 bits per heavy atom. The maximum absolute atomic E-state index is 11.6. The average Bonchev–Trinajstić information content (AvgIpc) is 2.28. The monoisotopic (exact) mass is 230 g/mol. The largest absolute Gasteiger partial charge is 0.392 e. The molecule has 0 heterocycles. The number of rotatable bonds is 4. The third-order valence-corrected chi connectivity index (χ3v) is 4.25. The van der Waals surface area contributed by atoms with Crippen LogP contribution in [0.3, 0.4) is 0 Å². The van der Waals surface area contributed by atoms with E-state index in [9.17, 15) is 9.90 Å². The first-order valence-electron chi connectivity index (χ1n) is 6.01. The lowest BCUT2D eigenvalue weighted by molar-refractivity contribution is -0.118. The molecule has 0 radical (unpaired) electrons. The Kier molecular flexibility index (Phi) is 5.69. The number of aliphatic hydroxyl groups is 1. The van der Waals surface area contributed by atoms with Crippen molar-refractivity contribution in [2.75, 3.05) is 5.75 Å². The highest BCUT2D eigenvalue weighted by Gasteiger charge is 2.29. The van der Waals surface area contributed by atoms with Crippen LogP contribution in [0.4, 0.5) is 0 Å². The highest BCUT2D eigenvalue weighted by Crippen LogP contribution is 2.30. The van der Waals surface area contributed by atoms with E-state index in [1.54, 1.807) is 0 Å². The Morgan fingerprint density at radius 2 is 2.00 bits per heavy atom. The molecule has 0 saturated heterocycles. The number of hydrogen-bond acceptors (Lipinski definition) is 3. The number of thioether (sulfide) groups is 1. The molecule has 0 unspecified atom stereocenters. The van der Waals surface area contributed by atoms with E-state index in [1.165, 1.54) is 31.0 Å². The number of hydrogen-bond donors (Lipinski definition) is 1. The molecule has 88 valence electrons. The van der Waals surface area contributed by atoms with Gasteiger partial charge in [0.05, 0.1) is 12.0 Å². The first-order valence-corrected chi connectivity index (χ1v) is 7.00. The summed E-state index contributed by atoms with van der Waals surface area (Å²) in [5.41, 5.74) is 0. The van der Waals surface area contributed by atoms with Crippen LogP contribution in [0.5, 0.6) is 0 Å². The zero-order valence-corrected chi connectivity index (χ0v) is 10.6. The average molecular weight is 230 g/mol. The van der Waals surface area contributed by atoms with E-state index in [1.807, 2.05) is 13.8 Å². The first-order chi connectivity index (χ1) is 7.16. The summed E-state index contributed by atoms with van der Waals surface area (Å²) < 4.78 is 0. The SMILES string of the molecule is CCSC(=O)[C@H](C)[C@@H](O)C1CCCCC1. The zero-order chi connectivity index (χ0) is 11.3. The van der Waals surface area contributed by atoms with Gasteiger partial charge in [-0.05, 0) is 24.5 Å². The van der Waals surface area contributed by atoms with Crippen molar-refractivity contribution in [3.05, 3.63) is 0 Å². The van der Waals surface area contributed by atoms with Crippen molar-refractivity contribution in [1.82, 2.24) is 0 Å². The van der Waals surface area contributed by atoms with E-state index in [2.05, 4.69) is 0 Å². The van der Waals surface area contributed by atoms with Gasteiger partial charge in [0.25, 0.3) is 0 Å². The summed E-state index contributed by atoms with van der Waals surface area (Å²) >= 11 is 1.33. The molecule has 1 fully saturated rings. The summed E-state index contributed by atoms with van der Waals surface area (Å²) in [7, 11) is 0. The number of carbonyl (C=O) groups excluding carboxylic acids is 1. The molecule has 3 heteroatoms. The molecule has 1 aliphatic rings. The van der Waals surface area contributed by atoms with Crippen LogP contribution < -0.4 is 0 Å². The molecule has 1 aliphatic carbocycles. The number of carbonyl (C=O) groups is 1. The van der Waals surface area contributed by atoms with Crippen molar-refractivity contribution in [2.24, 2.45) is 11.8 Å². The van der Waals surface area contributed by atoms with E-state index < -0.39 is 6.10 Å². The van der Waals surface area contributed by atoms with Gasteiger partial charge in [0.1, 0.15) is 0 Å². The Morgan fingerprint density at radius 3 is 2.53 bits per heavy atom. The Labute approximate surface area is 96.8 Å². The summed E-state index contributed by atoms with van der Waals surface area (Å²) in [6, 6.07) is 0. The minimum Gasteiger partial charge on any atom is -0.392 e. The van der Waals surface area contributed by atoms with Gasteiger partial charge in [-0.25, -0.2) is 0 Å². The van der Waals surface area contributed by atoms with Crippen molar-refractivity contribution in [3.63, 3.8) is 0 Å². The van der Waals surface area contributed by atoms with Gasteiger partial charge in [0, 0.05) is 0 Å². The molecule has 1 saturated carbocycles. The second-order valence-corrected chi connectivity index (χ2v) is 5.70. The lowest BCUT2D eigenvalue weighted by Gasteiger charge is -2.29. The van der Waals surface area contributed by atoms with Crippen LogP contribution in [0, 0.1) is 11.8 Å². The van der Waals surface area contributed by atoms with E-state index in [4.69, 9.17) is 0 Å². The molecular weight excluding hydrogens is 208 g/mol. The maximum Gasteiger partial charge on any atom is 0.194 e. The molecule has 0 aromatic heterocycles. The Bertz CT molecular complexity index is 200. The van der Waals surface area contributed by atoms with Gasteiger partial charge in [-0.2, -0.15) is 0 Å². The smallest absolute Gasteiger partial charge is 0.194 e. The third-order valence-electron chi connectivity index (χ3n) is 3.30. The molecule has 15 heavy (non-hydrogen) atoms. The van der Waals surface area contributed by atoms with Crippen molar-refractivity contribution in [3.8, 4) is 0 Å². The van der Waals surface area contributed by atoms with Gasteiger partial charge in [0.15, 0.2) is 5.12 Å². The van der Waals surface area contributed by atoms with Crippen LogP contribution in [0.25, 0.3) is 0 Å². The van der Waals surface area contributed by atoms with Crippen molar-refractivity contribution in [1.29, 1.82) is 0 Å². The highest BCUT2D eigenvalue weighted by atomic mass is 32.2. The first kappa shape index (κ1) is 13.0. The molecule has 0 bridgehead atoms. The van der Waals surface area contributed by atoms with Gasteiger partial charge in [0.2, 0.25) is 0 Å². The minimum absolute atomic E-state index is 0.149. The lowest BCUT2D eigenvalue weighted by Crippen LogP contribution is -2.32. The quantitative estimate of drug-likeness (QED) is 0.807. The molecule has 1 N–H and O–H groups in total. The van der Waals surface area contributed by atoms with Gasteiger partial charge in [-0.3, -0.25) is 4.79 Å². The fourth-order valence-electron chi connectivity index (χ4n) is 2.30. The summed E-state index contributed by atoms with van der Waals surface area (Å²) in [6.07, 6.45) is 5.48. The van der Waals surface area contributed by atoms with Gasteiger partial charge >= 0.3 is 0 Å². The van der Waals surface area contributed by atoms with Crippen LogP contribution in [-0.4, -0.2) is 22.1 Å². The molecule has 0 amide bonds. The highest BCUT2D eigenvalue weighted by molar-refractivity contribution is 8.13. The molecule has 1 rings (SSSR count). The summed E-state index contributed by atoms with van der Waals surface area (Å²) in [5, 5.41) is 10.3. The molecule has 2 nitrogen and oxygen atoms in total. The molecule has 2 atom stereocenters. The zero-order valence-electron chi connectivity index (χ0n) is 9.74. The second kappa shape index (κ2) is 6.54. The van der Waals surface area contributed by atoms with E-state index >= 15 is 0 Å². The summed E-state index contributed by atoms with van der Waals surface area (Å²) in [5.74, 6) is 0.966. The van der Waals surface area contributed by atoms with Crippen LogP contribution in [0.15, 0.2) is 0 Å². The van der Waals surface area contributed by atoms with Crippen molar-refractivity contribution >= 4 is 16.9 Å². The normalized spacial score (nSPS) is 22.3. The van der Waals surface area contributed by atoms with E-state index in [-0.39, 0.29) is 11.0 Å². The maximum atomic E-state index is 11.6. The predicted octanol–water partition coefficient (Wildman–Crippen LogP) is 2.84. The minimum atomic E-state index is -0.420. The van der Waals surface area contributed by atoms with Crippen molar-refractivity contribution < 1.29 is 9.90 Å². The molecule has 0 aliphatic heterocycles. The van der Waals surface area contributed by atoms with E-state index in [0.29, 0.717) is 5.92 Å². The fourth-order valence-corrected chi connectivity index (χ4v) is 2.98. The van der Waals surface area contributed by atoms with Gasteiger partial charge in [-0.15, -0.1) is 0 Å². The fraction of sp³-hybridized carbons (Fsp3) is 0.917. The van der Waals surface area contributed by atoms with Crippen LogP contribution in [0.2, 0.25) is 0 Å². The standard InChI is InChI=1S/C12H22O2S/c1-3-15-12(14)9(2)11(13)10-7-5-4-6-8-10/h9-11,13H,3-8H2,1-2H3/t9-,11-/m1/s1. The van der Waals surface area contributed by atoms with Gasteiger partial charge in [-0.1, -0.05) is 44.9 Å². The molecule has 0 aromatic carbocycles. The summed E-state index contributed by atoms with van der Waals surface area (Å²) in [4.78, 5) is 11.6. The van der Waals surface area contributed by atoms with Crippen LogP contribution >= 0.6 is 11.8 Å². The molecular formula is C12H22O2S. The predicted molar refractivity (Wildman–Crippen MR) is 64.9 cm³/mol. The van der Waals surface area contributed by atoms with Crippen LogP contribution in [0.1, 0.15) is 46.0 Å². The summed E-state index contributed by atoms with van der Waals surface area (Å²) in [6.45, 7) is 3.84. The number of aliphatic hydroxyl groups excluding tert-OH is 1.